The van der Waals surface area contributed by atoms with Crippen LogP contribution in [0, 0.1) is 0 Å². The van der Waals surface area contributed by atoms with Crippen LogP contribution in [0.15, 0.2) is 24.4 Å². The lowest BCUT2D eigenvalue weighted by Gasteiger charge is -2.04. The molecule has 0 saturated heterocycles. The molecule has 2 aromatic rings. The zero-order chi connectivity index (χ0) is 11.7. The Balaban J connectivity index is 2.69. The molecule has 0 aliphatic rings. The number of carbonyl (C=O) groups excluding carboxylic acids is 1. The molecular formula is C11H7Cl2NO2. The van der Waals surface area contributed by atoms with Crippen molar-refractivity contribution in [3.63, 3.8) is 0 Å². The normalized spacial score (nSPS) is 10.4. The first-order valence-corrected chi connectivity index (χ1v) is 5.21. The fraction of sp³-hybridized carbons (Fsp3) is 0.0909. The average Bonchev–Trinajstić information content (AvgIpc) is 2.32. The summed E-state index contributed by atoms with van der Waals surface area (Å²) in [5, 5.41) is 1.38. The summed E-state index contributed by atoms with van der Waals surface area (Å²) in [6.45, 7) is 0. The van der Waals surface area contributed by atoms with Gasteiger partial charge in [-0.2, -0.15) is 0 Å². The van der Waals surface area contributed by atoms with Gasteiger partial charge in [0, 0.05) is 11.6 Å². The number of aromatic nitrogens is 1. The monoisotopic (exact) mass is 255 g/mol. The number of nitrogens with zero attached hydrogens (tertiary/aromatic N) is 1. The van der Waals surface area contributed by atoms with Crippen LogP contribution in [0.3, 0.4) is 0 Å². The highest BCUT2D eigenvalue weighted by molar-refractivity contribution is 6.45. The van der Waals surface area contributed by atoms with Gasteiger partial charge in [-0.15, -0.1) is 0 Å². The molecule has 0 bridgehead atoms. The standard InChI is InChI=1S/C11H7Cl2NO2/c1-16-11(15)6-2-3-9-7(4-6)10(13)8(12)5-14-9/h2-5H,1H3. The number of rotatable bonds is 1. The SMILES string of the molecule is COC(=O)c1ccc2ncc(Cl)c(Cl)c2c1. The van der Waals surface area contributed by atoms with Gasteiger partial charge in [-0.1, -0.05) is 23.2 Å². The number of benzene rings is 1. The number of ether oxygens (including phenoxy) is 1. The Kier molecular flexibility index (Phi) is 2.99. The highest BCUT2D eigenvalue weighted by atomic mass is 35.5. The Hall–Kier alpha value is -1.32. The molecule has 82 valence electrons. The van der Waals surface area contributed by atoms with Crippen LogP contribution >= 0.6 is 23.2 Å². The first-order valence-electron chi connectivity index (χ1n) is 4.45. The van der Waals surface area contributed by atoms with E-state index in [9.17, 15) is 4.79 Å². The Labute approximate surface area is 102 Å². The first-order chi connectivity index (χ1) is 7.63. The maximum Gasteiger partial charge on any atom is 0.337 e. The second kappa shape index (κ2) is 4.28. The predicted octanol–water partition coefficient (Wildman–Crippen LogP) is 3.33. The third kappa shape index (κ3) is 1.84. The molecule has 0 saturated carbocycles. The molecule has 0 spiro atoms. The third-order valence-electron chi connectivity index (χ3n) is 2.18. The number of fused-ring (bicyclic) bond motifs is 1. The second-order valence-corrected chi connectivity index (χ2v) is 3.93. The molecule has 1 heterocycles. The van der Waals surface area contributed by atoms with Crippen molar-refractivity contribution in [1.82, 2.24) is 4.98 Å². The molecule has 0 aliphatic heterocycles. The minimum Gasteiger partial charge on any atom is -0.465 e. The largest absolute Gasteiger partial charge is 0.465 e. The van der Waals surface area contributed by atoms with E-state index in [1.165, 1.54) is 13.3 Å². The van der Waals surface area contributed by atoms with Gasteiger partial charge in [-0.3, -0.25) is 4.98 Å². The molecule has 0 aliphatic carbocycles. The van der Waals surface area contributed by atoms with Gasteiger partial charge in [0.15, 0.2) is 0 Å². The van der Waals surface area contributed by atoms with E-state index < -0.39 is 5.97 Å². The van der Waals surface area contributed by atoms with Crippen molar-refractivity contribution in [3.8, 4) is 0 Å². The van der Waals surface area contributed by atoms with Crippen LogP contribution in [0.2, 0.25) is 10.0 Å². The molecule has 1 aromatic heterocycles. The number of carbonyl (C=O) groups is 1. The van der Waals surface area contributed by atoms with Gasteiger partial charge in [0.25, 0.3) is 0 Å². The highest BCUT2D eigenvalue weighted by Gasteiger charge is 2.10. The summed E-state index contributed by atoms with van der Waals surface area (Å²) >= 11 is 11.9. The molecule has 5 heteroatoms. The van der Waals surface area contributed by atoms with Crippen LogP contribution in [0.5, 0.6) is 0 Å². The van der Waals surface area contributed by atoms with Crippen LogP contribution in [0.25, 0.3) is 10.9 Å². The lowest BCUT2D eigenvalue weighted by molar-refractivity contribution is 0.0601. The fourth-order valence-corrected chi connectivity index (χ4v) is 1.73. The van der Waals surface area contributed by atoms with Gasteiger partial charge >= 0.3 is 5.97 Å². The fourth-order valence-electron chi connectivity index (χ4n) is 1.38. The lowest BCUT2D eigenvalue weighted by atomic mass is 10.1. The van der Waals surface area contributed by atoms with E-state index in [4.69, 9.17) is 23.2 Å². The molecule has 0 atom stereocenters. The third-order valence-corrected chi connectivity index (χ3v) is 2.97. The molecule has 16 heavy (non-hydrogen) atoms. The minimum atomic E-state index is -0.419. The van der Waals surface area contributed by atoms with Crippen LogP contribution in [-0.4, -0.2) is 18.1 Å². The van der Waals surface area contributed by atoms with E-state index >= 15 is 0 Å². The predicted molar refractivity (Wildman–Crippen MR) is 63.1 cm³/mol. The molecule has 0 unspecified atom stereocenters. The molecule has 0 radical (unpaired) electrons. The zero-order valence-corrected chi connectivity index (χ0v) is 9.84. The van der Waals surface area contributed by atoms with E-state index in [-0.39, 0.29) is 0 Å². The van der Waals surface area contributed by atoms with Gasteiger partial charge in [-0.25, -0.2) is 4.79 Å². The van der Waals surface area contributed by atoms with Crippen molar-refractivity contribution in [2.45, 2.75) is 0 Å². The van der Waals surface area contributed by atoms with Crippen molar-refractivity contribution in [3.05, 3.63) is 40.0 Å². The van der Waals surface area contributed by atoms with E-state index in [0.29, 0.717) is 26.5 Å². The van der Waals surface area contributed by atoms with Crippen molar-refractivity contribution in [2.75, 3.05) is 7.11 Å². The number of halogens is 2. The number of methoxy groups -OCH3 is 1. The van der Waals surface area contributed by atoms with Crippen LogP contribution in [0.4, 0.5) is 0 Å². The molecule has 3 nitrogen and oxygen atoms in total. The van der Waals surface area contributed by atoms with Gasteiger partial charge in [0.2, 0.25) is 0 Å². The summed E-state index contributed by atoms with van der Waals surface area (Å²) in [5.41, 5.74) is 1.10. The summed E-state index contributed by atoms with van der Waals surface area (Å²) in [4.78, 5) is 15.4. The smallest absolute Gasteiger partial charge is 0.337 e. The summed E-state index contributed by atoms with van der Waals surface area (Å²) < 4.78 is 4.62. The summed E-state index contributed by atoms with van der Waals surface area (Å²) in [7, 11) is 1.32. The van der Waals surface area contributed by atoms with Gasteiger partial charge in [0.1, 0.15) is 0 Å². The maximum absolute atomic E-state index is 11.3. The van der Waals surface area contributed by atoms with Crippen molar-refractivity contribution < 1.29 is 9.53 Å². The van der Waals surface area contributed by atoms with Crippen LogP contribution in [-0.2, 0) is 4.74 Å². The van der Waals surface area contributed by atoms with E-state index in [1.807, 2.05) is 0 Å². The average molecular weight is 256 g/mol. The number of hydrogen-bond acceptors (Lipinski definition) is 3. The molecule has 1 aromatic carbocycles. The van der Waals surface area contributed by atoms with Crippen molar-refractivity contribution in [2.24, 2.45) is 0 Å². The Morgan fingerprint density at radius 3 is 2.81 bits per heavy atom. The zero-order valence-electron chi connectivity index (χ0n) is 8.33. The maximum atomic E-state index is 11.3. The Bertz CT molecular complexity index is 569. The Morgan fingerprint density at radius 1 is 1.38 bits per heavy atom. The summed E-state index contributed by atoms with van der Waals surface area (Å²) in [6, 6.07) is 4.94. The quantitative estimate of drug-likeness (QED) is 0.734. The number of esters is 1. The van der Waals surface area contributed by atoms with E-state index in [0.717, 1.165) is 0 Å². The summed E-state index contributed by atoms with van der Waals surface area (Å²) in [5.74, 6) is -0.419. The van der Waals surface area contributed by atoms with Gasteiger partial charge < -0.3 is 4.74 Å². The van der Waals surface area contributed by atoms with E-state index in [1.54, 1.807) is 18.2 Å². The molecule has 0 fully saturated rings. The number of pyridine rings is 1. The van der Waals surface area contributed by atoms with Crippen LogP contribution < -0.4 is 0 Å². The lowest BCUT2D eigenvalue weighted by Crippen LogP contribution is -2.00. The van der Waals surface area contributed by atoms with Gasteiger partial charge in [-0.05, 0) is 18.2 Å². The highest BCUT2D eigenvalue weighted by Crippen LogP contribution is 2.29. The summed E-state index contributed by atoms with van der Waals surface area (Å²) in [6.07, 6.45) is 1.48. The van der Waals surface area contributed by atoms with Gasteiger partial charge in [0.05, 0.1) is 28.2 Å². The molecule has 0 N–H and O–H groups in total. The second-order valence-electron chi connectivity index (χ2n) is 3.14. The molecule has 0 amide bonds. The Morgan fingerprint density at radius 2 is 2.12 bits per heavy atom. The first kappa shape index (κ1) is 11.2. The van der Waals surface area contributed by atoms with Crippen molar-refractivity contribution in [1.29, 1.82) is 0 Å². The number of hydrogen-bond donors (Lipinski definition) is 0. The minimum absolute atomic E-state index is 0.358. The van der Waals surface area contributed by atoms with Crippen molar-refractivity contribution >= 4 is 40.1 Å². The molecule has 2 rings (SSSR count). The van der Waals surface area contributed by atoms with Crippen LogP contribution in [0.1, 0.15) is 10.4 Å². The molecular weight excluding hydrogens is 249 g/mol. The van der Waals surface area contributed by atoms with E-state index in [2.05, 4.69) is 9.72 Å². The topological polar surface area (TPSA) is 39.2 Å².